The van der Waals surface area contributed by atoms with Gasteiger partial charge in [0, 0.05) is 29.8 Å². The fraction of sp³-hybridized carbons (Fsp3) is 0.481. The number of anilines is 1. The molecule has 0 unspecified atom stereocenters. The fourth-order valence-corrected chi connectivity index (χ4v) is 4.94. The van der Waals surface area contributed by atoms with Gasteiger partial charge in [-0.25, -0.2) is 0 Å². The van der Waals surface area contributed by atoms with Crippen LogP contribution in [0.25, 0.3) is 0 Å². The first-order valence-corrected chi connectivity index (χ1v) is 12.4. The first-order valence-electron chi connectivity index (χ1n) is 12.4. The van der Waals surface area contributed by atoms with Crippen molar-refractivity contribution in [2.24, 2.45) is 5.92 Å². The van der Waals surface area contributed by atoms with Gasteiger partial charge in [-0.15, -0.1) is 0 Å². The number of rotatable bonds is 6. The minimum absolute atomic E-state index is 0.0718. The van der Waals surface area contributed by atoms with Gasteiger partial charge in [0.25, 0.3) is 5.91 Å². The summed E-state index contributed by atoms with van der Waals surface area (Å²) in [5.41, 5.74) is 0.998. The van der Waals surface area contributed by atoms with Crippen molar-refractivity contribution in [2.75, 3.05) is 18.4 Å². The molecule has 1 aliphatic heterocycles. The third-order valence-corrected chi connectivity index (χ3v) is 6.98. The summed E-state index contributed by atoms with van der Waals surface area (Å²) in [6.45, 7) is 2.39. The van der Waals surface area contributed by atoms with Crippen LogP contribution >= 0.6 is 0 Å². The summed E-state index contributed by atoms with van der Waals surface area (Å²) in [6.07, 6.45) is 3.10. The van der Waals surface area contributed by atoms with Crippen molar-refractivity contribution in [3.63, 3.8) is 0 Å². The van der Waals surface area contributed by atoms with Gasteiger partial charge in [-0.05, 0) is 80.7 Å². The molecule has 35 heavy (non-hydrogen) atoms. The van der Waals surface area contributed by atoms with Gasteiger partial charge in [0.15, 0.2) is 0 Å². The number of carbonyl (C=O) groups is 2. The van der Waals surface area contributed by atoms with Crippen molar-refractivity contribution in [1.82, 2.24) is 10.2 Å². The minimum Gasteiger partial charge on any atom is -0.353 e. The van der Waals surface area contributed by atoms with Gasteiger partial charge < -0.3 is 10.6 Å². The van der Waals surface area contributed by atoms with Crippen LogP contribution in [0, 0.1) is 5.92 Å². The van der Waals surface area contributed by atoms with E-state index in [1.807, 2.05) is 18.2 Å². The smallest absolute Gasteiger partial charge is 0.353 e. The lowest BCUT2D eigenvalue weighted by molar-refractivity contribution is -0.137. The largest absolute Gasteiger partial charge is 0.416 e. The Balaban J connectivity index is 1.26. The predicted molar refractivity (Wildman–Crippen MR) is 129 cm³/mol. The van der Waals surface area contributed by atoms with Crippen molar-refractivity contribution >= 4 is 17.5 Å². The van der Waals surface area contributed by atoms with Gasteiger partial charge >= 0.3 is 6.18 Å². The molecule has 4 rings (SSSR count). The maximum atomic E-state index is 12.7. The monoisotopic (exact) mass is 487 g/mol. The summed E-state index contributed by atoms with van der Waals surface area (Å²) in [5.74, 6) is -0.187. The molecule has 188 valence electrons. The Morgan fingerprint density at radius 1 is 0.914 bits per heavy atom. The number of nitrogens with one attached hydrogen (secondary N) is 2. The normalized spacial score (nSPS) is 18.3. The van der Waals surface area contributed by atoms with Crippen LogP contribution in [0.15, 0.2) is 48.5 Å². The van der Waals surface area contributed by atoms with Crippen LogP contribution < -0.4 is 10.6 Å². The summed E-state index contributed by atoms with van der Waals surface area (Å²) in [4.78, 5) is 27.4. The molecule has 2 amide bonds. The van der Waals surface area contributed by atoms with E-state index in [0.29, 0.717) is 18.3 Å². The molecule has 0 spiro atoms. The van der Waals surface area contributed by atoms with E-state index in [4.69, 9.17) is 0 Å². The lowest BCUT2D eigenvalue weighted by atomic mass is 9.92. The van der Waals surface area contributed by atoms with Crippen molar-refractivity contribution in [3.05, 3.63) is 65.2 Å². The zero-order valence-electron chi connectivity index (χ0n) is 19.7. The number of hydrogen-bond acceptors (Lipinski definition) is 3. The number of halogens is 3. The Morgan fingerprint density at radius 3 is 2.26 bits per heavy atom. The highest BCUT2D eigenvalue weighted by molar-refractivity contribution is 6.04. The van der Waals surface area contributed by atoms with Gasteiger partial charge in [-0.1, -0.05) is 31.4 Å². The average Bonchev–Trinajstić information content (AvgIpc) is 2.85. The molecule has 2 aliphatic rings. The predicted octanol–water partition coefficient (Wildman–Crippen LogP) is 5.62. The highest BCUT2D eigenvalue weighted by atomic mass is 19.4. The zero-order valence-corrected chi connectivity index (χ0v) is 19.7. The number of hydrogen-bond donors (Lipinski definition) is 2. The van der Waals surface area contributed by atoms with Gasteiger partial charge in [0.2, 0.25) is 5.91 Å². The molecule has 5 nitrogen and oxygen atoms in total. The highest BCUT2D eigenvalue weighted by Crippen LogP contribution is 2.29. The molecule has 2 aromatic rings. The third kappa shape index (κ3) is 7.07. The van der Waals surface area contributed by atoms with Gasteiger partial charge in [-0.2, -0.15) is 13.2 Å². The van der Waals surface area contributed by atoms with Crippen LogP contribution in [0.5, 0.6) is 0 Å². The molecule has 1 heterocycles. The van der Waals surface area contributed by atoms with E-state index in [1.54, 1.807) is 6.07 Å². The first-order chi connectivity index (χ1) is 16.8. The average molecular weight is 488 g/mol. The van der Waals surface area contributed by atoms with Crippen LogP contribution in [0.3, 0.4) is 0 Å². The van der Waals surface area contributed by atoms with E-state index in [0.717, 1.165) is 56.5 Å². The standard InChI is InChI=1S/C27H32F3N3O2/c28-27(29,30)22-11-9-20(10-12-22)25(34)32-24-8-4-5-19(17-24)18-33-15-13-21(14-16-33)26(35)31-23-6-2-1-3-7-23/h4-5,8-12,17,21,23H,1-3,6-7,13-16,18H2,(H,31,35)(H,32,34). The zero-order chi connectivity index (χ0) is 24.8. The Labute approximate surface area is 204 Å². The first kappa shape index (κ1) is 25.2. The van der Waals surface area contributed by atoms with Crippen LogP contribution in [-0.4, -0.2) is 35.8 Å². The van der Waals surface area contributed by atoms with Crippen LogP contribution in [-0.2, 0) is 17.5 Å². The van der Waals surface area contributed by atoms with E-state index >= 15 is 0 Å². The molecule has 1 saturated heterocycles. The highest BCUT2D eigenvalue weighted by Gasteiger charge is 2.30. The summed E-state index contributed by atoms with van der Waals surface area (Å²) < 4.78 is 38.2. The second kappa shape index (κ2) is 11.2. The molecular formula is C27H32F3N3O2. The Kier molecular flexibility index (Phi) is 8.11. The summed E-state index contributed by atoms with van der Waals surface area (Å²) in [6, 6.07) is 12.0. The maximum absolute atomic E-state index is 12.7. The number of carbonyl (C=O) groups excluding carboxylic acids is 2. The SMILES string of the molecule is O=C(Nc1cccc(CN2CCC(C(=O)NC3CCCCC3)CC2)c1)c1ccc(C(F)(F)F)cc1. The van der Waals surface area contributed by atoms with Crippen LogP contribution in [0.1, 0.15) is 66.4 Å². The Hall–Kier alpha value is -2.87. The Bertz CT molecular complexity index is 1010. The summed E-state index contributed by atoms with van der Waals surface area (Å²) in [5, 5.41) is 6.01. The number of benzene rings is 2. The molecule has 2 N–H and O–H groups in total. The number of piperidine rings is 1. The van der Waals surface area contributed by atoms with E-state index < -0.39 is 17.6 Å². The van der Waals surface area contributed by atoms with Crippen molar-refractivity contribution in [2.45, 2.75) is 63.7 Å². The number of alkyl halides is 3. The molecule has 2 aromatic carbocycles. The van der Waals surface area contributed by atoms with Gasteiger partial charge in [-0.3, -0.25) is 14.5 Å². The molecule has 2 fully saturated rings. The molecule has 8 heteroatoms. The molecule has 0 radical (unpaired) electrons. The minimum atomic E-state index is -4.43. The number of nitrogens with zero attached hydrogens (tertiary/aromatic N) is 1. The van der Waals surface area contributed by atoms with E-state index in [9.17, 15) is 22.8 Å². The van der Waals surface area contributed by atoms with Gasteiger partial charge in [0.1, 0.15) is 0 Å². The number of likely N-dealkylation sites (tertiary alicyclic amines) is 1. The lowest BCUT2D eigenvalue weighted by Crippen LogP contribution is -2.44. The van der Waals surface area contributed by atoms with E-state index in [2.05, 4.69) is 15.5 Å². The van der Waals surface area contributed by atoms with E-state index in [1.165, 1.54) is 31.4 Å². The van der Waals surface area contributed by atoms with Crippen molar-refractivity contribution < 1.29 is 22.8 Å². The third-order valence-electron chi connectivity index (χ3n) is 6.98. The lowest BCUT2D eigenvalue weighted by Gasteiger charge is -2.32. The maximum Gasteiger partial charge on any atom is 0.416 e. The topological polar surface area (TPSA) is 61.4 Å². The number of amides is 2. The van der Waals surface area contributed by atoms with Crippen LogP contribution in [0.2, 0.25) is 0 Å². The molecule has 0 aromatic heterocycles. The molecule has 1 saturated carbocycles. The fourth-order valence-electron chi connectivity index (χ4n) is 4.94. The second-order valence-electron chi connectivity index (χ2n) is 9.62. The summed E-state index contributed by atoms with van der Waals surface area (Å²) in [7, 11) is 0. The van der Waals surface area contributed by atoms with Crippen molar-refractivity contribution in [1.29, 1.82) is 0 Å². The van der Waals surface area contributed by atoms with E-state index in [-0.39, 0.29) is 17.4 Å². The molecule has 1 aliphatic carbocycles. The summed E-state index contributed by atoms with van der Waals surface area (Å²) >= 11 is 0. The Morgan fingerprint density at radius 2 is 1.60 bits per heavy atom. The van der Waals surface area contributed by atoms with Gasteiger partial charge in [0.05, 0.1) is 5.56 Å². The quantitative estimate of drug-likeness (QED) is 0.556. The van der Waals surface area contributed by atoms with Crippen molar-refractivity contribution in [3.8, 4) is 0 Å². The molecular weight excluding hydrogens is 455 g/mol. The second-order valence-corrected chi connectivity index (χ2v) is 9.62. The molecule has 0 bridgehead atoms. The van der Waals surface area contributed by atoms with Crippen LogP contribution in [0.4, 0.5) is 18.9 Å². The molecule has 0 atom stereocenters.